The lowest BCUT2D eigenvalue weighted by atomic mass is 10.2. The van der Waals surface area contributed by atoms with Gasteiger partial charge in [0.25, 0.3) is 10.0 Å². The Morgan fingerprint density at radius 3 is 2.35 bits per heavy atom. The molecule has 2 aromatic rings. The summed E-state index contributed by atoms with van der Waals surface area (Å²) in [5, 5.41) is 5.84. The van der Waals surface area contributed by atoms with Crippen LogP contribution in [0.1, 0.15) is 25.0 Å². The monoisotopic (exact) mass is 370 g/mol. The highest BCUT2D eigenvalue weighted by Crippen LogP contribution is 2.27. The van der Waals surface area contributed by atoms with Crippen LogP contribution in [-0.2, 0) is 10.0 Å². The number of hydrogen-bond donors (Lipinski definition) is 0. The van der Waals surface area contributed by atoms with Gasteiger partial charge in [-0.15, -0.1) is 4.40 Å². The molecule has 1 aliphatic rings. The van der Waals surface area contributed by atoms with Gasteiger partial charge in [0.2, 0.25) is 0 Å². The van der Waals surface area contributed by atoms with Crippen LogP contribution >= 0.6 is 0 Å². The normalized spacial score (nSPS) is 15.0. The molecule has 7 heteroatoms. The van der Waals surface area contributed by atoms with Crippen molar-refractivity contribution in [3.8, 4) is 0 Å². The number of nitrogens with zero attached hydrogens (tertiary/aromatic N) is 4. The van der Waals surface area contributed by atoms with Crippen LogP contribution in [-0.4, -0.2) is 45.6 Å². The van der Waals surface area contributed by atoms with Crippen molar-refractivity contribution in [1.82, 2.24) is 5.01 Å². The van der Waals surface area contributed by atoms with Gasteiger partial charge < -0.3 is 4.90 Å². The Balaban J connectivity index is 1.79. The van der Waals surface area contributed by atoms with Gasteiger partial charge in [-0.25, -0.2) is 5.01 Å². The molecule has 0 aliphatic carbocycles. The SMILES string of the molecule is CCN(CC)c1ccc(C=NN(C)C2=NS(=O)(=O)c3ccccc32)cc1. The Bertz CT molecular complexity index is 946. The summed E-state index contributed by atoms with van der Waals surface area (Å²) in [6, 6.07) is 14.9. The maximum atomic E-state index is 12.1. The molecule has 26 heavy (non-hydrogen) atoms. The number of amidine groups is 1. The Kier molecular flexibility index (Phi) is 5.08. The molecule has 0 aromatic heterocycles. The third-order valence-corrected chi connectivity index (χ3v) is 5.65. The molecule has 1 heterocycles. The van der Waals surface area contributed by atoms with Crippen LogP contribution in [0.5, 0.6) is 0 Å². The average molecular weight is 370 g/mol. The lowest BCUT2D eigenvalue weighted by molar-refractivity contribution is 0.549. The summed E-state index contributed by atoms with van der Waals surface area (Å²) in [6.07, 6.45) is 1.70. The molecular weight excluding hydrogens is 348 g/mol. The molecule has 1 aliphatic heterocycles. The van der Waals surface area contributed by atoms with Gasteiger partial charge in [0, 0.05) is 31.4 Å². The molecule has 2 aromatic carbocycles. The summed E-state index contributed by atoms with van der Waals surface area (Å²) in [5.41, 5.74) is 2.67. The van der Waals surface area contributed by atoms with E-state index < -0.39 is 10.0 Å². The Labute approximate surface area is 154 Å². The van der Waals surface area contributed by atoms with E-state index in [4.69, 9.17) is 0 Å². The van der Waals surface area contributed by atoms with Crippen molar-refractivity contribution in [3.63, 3.8) is 0 Å². The second-order valence-electron chi connectivity index (χ2n) is 5.92. The Morgan fingerprint density at radius 2 is 1.69 bits per heavy atom. The molecule has 0 fully saturated rings. The molecule has 0 spiro atoms. The molecule has 0 amide bonds. The Morgan fingerprint density at radius 1 is 1.04 bits per heavy atom. The average Bonchev–Trinajstić information content (AvgIpc) is 2.93. The van der Waals surface area contributed by atoms with E-state index in [0.29, 0.717) is 11.4 Å². The van der Waals surface area contributed by atoms with Crippen molar-refractivity contribution < 1.29 is 8.42 Å². The van der Waals surface area contributed by atoms with Gasteiger partial charge in [0.15, 0.2) is 5.84 Å². The van der Waals surface area contributed by atoms with Crippen LogP contribution < -0.4 is 4.90 Å². The summed E-state index contributed by atoms with van der Waals surface area (Å²) < 4.78 is 28.1. The van der Waals surface area contributed by atoms with Crippen molar-refractivity contribution in [2.24, 2.45) is 9.50 Å². The molecule has 0 bridgehead atoms. The minimum Gasteiger partial charge on any atom is -0.372 e. The first-order valence-electron chi connectivity index (χ1n) is 8.53. The standard InChI is InChI=1S/C19H22N4O2S/c1-4-23(5-2)16-12-10-15(11-13-16)14-20-22(3)19-17-8-6-7-9-18(17)26(24,25)21-19/h6-14H,4-5H2,1-3H3. The number of sulfonamides is 1. The molecule has 0 saturated heterocycles. The first-order valence-corrected chi connectivity index (χ1v) is 9.97. The van der Waals surface area contributed by atoms with E-state index in [2.05, 4.69) is 40.4 Å². The number of anilines is 1. The van der Waals surface area contributed by atoms with Crippen LogP contribution in [0.15, 0.2) is 62.9 Å². The van der Waals surface area contributed by atoms with E-state index in [-0.39, 0.29) is 4.90 Å². The second-order valence-corrected chi connectivity index (χ2v) is 7.49. The van der Waals surface area contributed by atoms with Crippen LogP contribution in [0.2, 0.25) is 0 Å². The molecule has 6 nitrogen and oxygen atoms in total. The van der Waals surface area contributed by atoms with Gasteiger partial charge in [-0.2, -0.15) is 13.5 Å². The van der Waals surface area contributed by atoms with Crippen molar-refractivity contribution in [2.75, 3.05) is 25.0 Å². The van der Waals surface area contributed by atoms with E-state index in [1.807, 2.05) is 12.1 Å². The van der Waals surface area contributed by atoms with Crippen molar-refractivity contribution in [1.29, 1.82) is 0 Å². The molecule has 3 rings (SSSR count). The zero-order valence-corrected chi connectivity index (χ0v) is 15.9. The van der Waals surface area contributed by atoms with Crippen LogP contribution in [0.3, 0.4) is 0 Å². The largest absolute Gasteiger partial charge is 0.372 e. The lowest BCUT2D eigenvalue weighted by Gasteiger charge is -2.20. The summed E-state index contributed by atoms with van der Waals surface area (Å²) in [6.45, 7) is 6.17. The highest BCUT2D eigenvalue weighted by molar-refractivity contribution is 7.90. The van der Waals surface area contributed by atoms with E-state index in [1.165, 1.54) is 10.7 Å². The minimum absolute atomic E-state index is 0.223. The summed E-state index contributed by atoms with van der Waals surface area (Å²) in [5.74, 6) is 0.330. The van der Waals surface area contributed by atoms with Crippen molar-refractivity contribution in [2.45, 2.75) is 18.7 Å². The molecule has 0 atom stereocenters. The number of hydrazone groups is 1. The molecule has 0 unspecified atom stereocenters. The van der Waals surface area contributed by atoms with Crippen LogP contribution in [0.4, 0.5) is 5.69 Å². The number of fused-ring (bicyclic) bond motifs is 1. The smallest absolute Gasteiger partial charge is 0.285 e. The van der Waals surface area contributed by atoms with Crippen molar-refractivity contribution >= 4 is 27.8 Å². The first kappa shape index (κ1) is 18.1. The van der Waals surface area contributed by atoms with Gasteiger partial charge in [-0.3, -0.25) is 0 Å². The molecule has 0 saturated carbocycles. The quantitative estimate of drug-likeness (QED) is 0.600. The fraction of sp³-hybridized carbons (Fsp3) is 0.263. The van der Waals surface area contributed by atoms with E-state index >= 15 is 0 Å². The predicted molar refractivity (Wildman–Crippen MR) is 106 cm³/mol. The van der Waals surface area contributed by atoms with E-state index in [0.717, 1.165) is 18.7 Å². The third kappa shape index (κ3) is 3.48. The minimum atomic E-state index is -3.64. The summed E-state index contributed by atoms with van der Waals surface area (Å²) in [4.78, 5) is 2.49. The van der Waals surface area contributed by atoms with Gasteiger partial charge >= 0.3 is 0 Å². The highest BCUT2D eigenvalue weighted by atomic mass is 32.2. The fourth-order valence-corrected chi connectivity index (χ4v) is 4.12. The fourth-order valence-electron chi connectivity index (χ4n) is 2.89. The van der Waals surface area contributed by atoms with Gasteiger partial charge in [-0.1, -0.05) is 24.3 Å². The zero-order chi connectivity index (χ0) is 18.7. The highest BCUT2D eigenvalue weighted by Gasteiger charge is 2.30. The maximum Gasteiger partial charge on any atom is 0.285 e. The predicted octanol–water partition coefficient (Wildman–Crippen LogP) is 2.95. The first-order chi connectivity index (χ1) is 12.5. The maximum absolute atomic E-state index is 12.1. The van der Waals surface area contributed by atoms with E-state index in [9.17, 15) is 8.42 Å². The third-order valence-electron chi connectivity index (χ3n) is 4.32. The zero-order valence-electron chi connectivity index (χ0n) is 15.1. The Hall–Kier alpha value is -2.67. The molecule has 136 valence electrons. The molecule has 0 radical (unpaired) electrons. The summed E-state index contributed by atoms with van der Waals surface area (Å²) >= 11 is 0. The lowest BCUT2D eigenvalue weighted by Crippen LogP contribution is -2.21. The van der Waals surface area contributed by atoms with Crippen LogP contribution in [0, 0.1) is 0 Å². The summed E-state index contributed by atoms with van der Waals surface area (Å²) in [7, 11) is -1.95. The second kappa shape index (κ2) is 7.29. The van der Waals surface area contributed by atoms with Gasteiger partial charge in [0.05, 0.1) is 6.21 Å². The van der Waals surface area contributed by atoms with Crippen molar-refractivity contribution in [3.05, 3.63) is 59.7 Å². The van der Waals surface area contributed by atoms with Crippen LogP contribution in [0.25, 0.3) is 0 Å². The molecular formula is C19H22N4O2S. The number of benzene rings is 2. The van der Waals surface area contributed by atoms with Gasteiger partial charge in [0.1, 0.15) is 4.90 Å². The van der Waals surface area contributed by atoms with Gasteiger partial charge in [-0.05, 0) is 43.7 Å². The number of rotatable bonds is 5. The van der Waals surface area contributed by atoms with E-state index in [1.54, 1.807) is 37.5 Å². The topological polar surface area (TPSA) is 65.3 Å². The molecule has 0 N–H and O–H groups in total. The number of hydrogen-bond acceptors (Lipinski definition) is 5.